The van der Waals surface area contributed by atoms with Crippen LogP contribution in [0.4, 0.5) is 0 Å². The maximum absolute atomic E-state index is 11.8. The Morgan fingerprint density at radius 3 is 2.83 bits per heavy atom. The third kappa shape index (κ3) is 3.13. The molecule has 4 nitrogen and oxygen atoms in total. The molecular formula is C13H14N2O2S. The van der Waals surface area contributed by atoms with Gasteiger partial charge in [0.2, 0.25) is 0 Å². The molecule has 1 unspecified atom stereocenters. The Balaban J connectivity index is 2.09. The van der Waals surface area contributed by atoms with Gasteiger partial charge >= 0.3 is 5.97 Å². The zero-order valence-electron chi connectivity index (χ0n) is 10.00. The Hall–Kier alpha value is -1.75. The van der Waals surface area contributed by atoms with Crippen molar-refractivity contribution in [3.8, 4) is 0 Å². The van der Waals surface area contributed by atoms with Gasteiger partial charge in [-0.05, 0) is 5.56 Å². The number of hydrogen-bond acceptors (Lipinski definition) is 4. The van der Waals surface area contributed by atoms with Gasteiger partial charge in [-0.3, -0.25) is 4.79 Å². The van der Waals surface area contributed by atoms with Gasteiger partial charge < -0.3 is 9.72 Å². The van der Waals surface area contributed by atoms with E-state index in [0.717, 1.165) is 10.7 Å². The number of H-pyrrole nitrogens is 1. The number of imidazole rings is 1. The highest BCUT2D eigenvalue weighted by Crippen LogP contribution is 2.25. The number of aromatic nitrogens is 2. The van der Waals surface area contributed by atoms with E-state index in [9.17, 15) is 4.79 Å². The van der Waals surface area contributed by atoms with Crippen LogP contribution in [-0.2, 0) is 9.53 Å². The minimum atomic E-state index is -0.272. The summed E-state index contributed by atoms with van der Waals surface area (Å²) in [4.78, 5) is 18.9. The van der Waals surface area contributed by atoms with Gasteiger partial charge in [-0.1, -0.05) is 42.1 Å². The molecule has 0 saturated heterocycles. The number of hydrogen-bond donors (Lipinski definition) is 1. The second kappa shape index (κ2) is 6.26. The molecule has 1 heterocycles. The van der Waals surface area contributed by atoms with Gasteiger partial charge in [0.25, 0.3) is 0 Å². The molecule has 2 rings (SSSR count). The molecular weight excluding hydrogens is 248 g/mol. The SMILES string of the molecule is COC(=O)C(CSc1ncc[nH]1)c1ccccc1. The molecule has 0 radical (unpaired) electrons. The summed E-state index contributed by atoms with van der Waals surface area (Å²) in [5.41, 5.74) is 0.961. The lowest BCUT2D eigenvalue weighted by molar-refractivity contribution is -0.141. The van der Waals surface area contributed by atoms with Crippen LogP contribution < -0.4 is 0 Å². The maximum Gasteiger partial charge on any atom is 0.313 e. The molecule has 0 bridgehead atoms. The van der Waals surface area contributed by atoms with Crippen LogP contribution in [0.15, 0.2) is 47.9 Å². The summed E-state index contributed by atoms with van der Waals surface area (Å²) in [5, 5.41) is 0.805. The van der Waals surface area contributed by atoms with Crippen molar-refractivity contribution in [2.45, 2.75) is 11.1 Å². The second-order valence-corrected chi connectivity index (χ2v) is 4.70. The highest BCUT2D eigenvalue weighted by molar-refractivity contribution is 7.99. The second-order valence-electron chi connectivity index (χ2n) is 3.69. The van der Waals surface area contributed by atoms with Crippen LogP contribution in [0.25, 0.3) is 0 Å². The molecule has 0 fully saturated rings. The van der Waals surface area contributed by atoms with Gasteiger partial charge in [0.05, 0.1) is 13.0 Å². The molecule has 0 spiro atoms. The first-order valence-corrected chi connectivity index (χ1v) is 6.54. The molecule has 2 aromatic rings. The van der Waals surface area contributed by atoms with Crippen LogP contribution in [0.3, 0.4) is 0 Å². The summed E-state index contributed by atoms with van der Waals surface area (Å²) in [6, 6.07) is 9.64. The van der Waals surface area contributed by atoms with Crippen molar-refractivity contribution in [1.82, 2.24) is 9.97 Å². The van der Waals surface area contributed by atoms with Gasteiger partial charge in [0.1, 0.15) is 0 Å². The number of nitrogens with zero attached hydrogens (tertiary/aromatic N) is 1. The largest absolute Gasteiger partial charge is 0.469 e. The Kier molecular flexibility index (Phi) is 4.41. The molecule has 0 saturated carbocycles. The van der Waals surface area contributed by atoms with Crippen LogP contribution >= 0.6 is 11.8 Å². The highest BCUT2D eigenvalue weighted by Gasteiger charge is 2.21. The average Bonchev–Trinajstić information content (AvgIpc) is 2.93. The van der Waals surface area contributed by atoms with E-state index in [0.29, 0.717) is 5.75 Å². The van der Waals surface area contributed by atoms with E-state index in [2.05, 4.69) is 9.97 Å². The lowest BCUT2D eigenvalue weighted by atomic mass is 10.0. The third-order valence-corrected chi connectivity index (χ3v) is 3.54. The fourth-order valence-electron chi connectivity index (χ4n) is 1.62. The molecule has 1 atom stereocenters. The van der Waals surface area contributed by atoms with Gasteiger partial charge in [-0.2, -0.15) is 0 Å². The van der Waals surface area contributed by atoms with E-state index in [-0.39, 0.29) is 11.9 Å². The average molecular weight is 262 g/mol. The number of ether oxygens (including phenoxy) is 1. The fraction of sp³-hybridized carbons (Fsp3) is 0.231. The third-order valence-electron chi connectivity index (χ3n) is 2.55. The molecule has 1 aromatic heterocycles. The number of nitrogens with one attached hydrogen (secondary N) is 1. The van der Waals surface area contributed by atoms with Crippen molar-refractivity contribution in [2.75, 3.05) is 12.9 Å². The number of esters is 1. The van der Waals surface area contributed by atoms with Crippen molar-refractivity contribution in [3.63, 3.8) is 0 Å². The molecule has 0 amide bonds. The summed E-state index contributed by atoms with van der Waals surface area (Å²) in [7, 11) is 1.41. The van der Waals surface area contributed by atoms with Gasteiger partial charge in [-0.15, -0.1) is 0 Å². The number of carbonyl (C=O) groups excluding carboxylic acids is 1. The van der Waals surface area contributed by atoms with Crippen LogP contribution in [0.2, 0.25) is 0 Å². The van der Waals surface area contributed by atoms with Crippen molar-refractivity contribution in [3.05, 3.63) is 48.3 Å². The molecule has 0 aliphatic rings. The Morgan fingerprint density at radius 1 is 1.44 bits per heavy atom. The van der Waals surface area contributed by atoms with Crippen LogP contribution in [0, 0.1) is 0 Å². The van der Waals surface area contributed by atoms with E-state index in [4.69, 9.17) is 4.74 Å². The standard InChI is InChI=1S/C13H14N2O2S/c1-17-12(16)11(10-5-3-2-4-6-10)9-18-13-14-7-8-15-13/h2-8,11H,9H2,1H3,(H,14,15). The first-order valence-electron chi connectivity index (χ1n) is 5.56. The Morgan fingerprint density at radius 2 is 2.22 bits per heavy atom. The van der Waals surface area contributed by atoms with E-state index in [1.165, 1.54) is 18.9 Å². The lowest BCUT2D eigenvalue weighted by Crippen LogP contribution is -2.16. The van der Waals surface area contributed by atoms with E-state index in [1.54, 1.807) is 12.4 Å². The summed E-state index contributed by atoms with van der Waals surface area (Å²) in [6.07, 6.45) is 3.45. The van der Waals surface area contributed by atoms with Crippen LogP contribution in [0.1, 0.15) is 11.5 Å². The minimum absolute atomic E-state index is 0.222. The predicted octanol–water partition coefficient (Wildman–Crippen LogP) is 2.46. The quantitative estimate of drug-likeness (QED) is 0.664. The van der Waals surface area contributed by atoms with Gasteiger partial charge in [0, 0.05) is 18.1 Å². The van der Waals surface area contributed by atoms with E-state index < -0.39 is 0 Å². The molecule has 1 aromatic carbocycles. The van der Waals surface area contributed by atoms with Crippen molar-refractivity contribution >= 4 is 17.7 Å². The summed E-state index contributed by atoms with van der Waals surface area (Å²) in [6.45, 7) is 0. The molecule has 18 heavy (non-hydrogen) atoms. The highest BCUT2D eigenvalue weighted by atomic mass is 32.2. The number of methoxy groups -OCH3 is 1. The number of rotatable bonds is 5. The van der Waals surface area contributed by atoms with Gasteiger partial charge in [-0.25, -0.2) is 4.98 Å². The van der Waals surface area contributed by atoms with E-state index >= 15 is 0 Å². The summed E-state index contributed by atoms with van der Waals surface area (Å²) >= 11 is 1.51. The van der Waals surface area contributed by atoms with Crippen molar-refractivity contribution < 1.29 is 9.53 Å². The van der Waals surface area contributed by atoms with Crippen molar-refractivity contribution in [2.24, 2.45) is 0 Å². The van der Waals surface area contributed by atoms with Crippen molar-refractivity contribution in [1.29, 1.82) is 0 Å². The zero-order valence-corrected chi connectivity index (χ0v) is 10.8. The first kappa shape index (κ1) is 12.7. The normalized spacial score (nSPS) is 12.1. The smallest absolute Gasteiger partial charge is 0.313 e. The minimum Gasteiger partial charge on any atom is -0.469 e. The van der Waals surface area contributed by atoms with Crippen LogP contribution in [0.5, 0.6) is 0 Å². The molecule has 5 heteroatoms. The van der Waals surface area contributed by atoms with E-state index in [1.807, 2.05) is 30.3 Å². The molecule has 0 aliphatic heterocycles. The number of carbonyl (C=O) groups is 1. The summed E-state index contributed by atoms with van der Waals surface area (Å²) in [5.74, 6) is 0.107. The first-order chi connectivity index (χ1) is 8.81. The topological polar surface area (TPSA) is 55.0 Å². The zero-order chi connectivity index (χ0) is 12.8. The number of benzene rings is 1. The van der Waals surface area contributed by atoms with Crippen LogP contribution in [-0.4, -0.2) is 28.8 Å². The Labute approximate surface area is 110 Å². The summed E-state index contributed by atoms with van der Waals surface area (Å²) < 4.78 is 4.85. The fourth-order valence-corrected chi connectivity index (χ4v) is 2.56. The monoisotopic (exact) mass is 262 g/mol. The molecule has 1 N–H and O–H groups in total. The maximum atomic E-state index is 11.8. The predicted molar refractivity (Wildman–Crippen MR) is 70.5 cm³/mol. The molecule has 0 aliphatic carbocycles. The number of thioether (sulfide) groups is 1. The lowest BCUT2D eigenvalue weighted by Gasteiger charge is -2.13. The number of aromatic amines is 1. The molecule has 94 valence electrons. The van der Waals surface area contributed by atoms with Gasteiger partial charge in [0.15, 0.2) is 5.16 Å². The Bertz CT molecular complexity index is 485.